The molecule has 0 saturated heterocycles. The van der Waals surface area contributed by atoms with Crippen molar-refractivity contribution in [2.24, 2.45) is 5.73 Å². The van der Waals surface area contributed by atoms with Crippen molar-refractivity contribution in [1.82, 2.24) is 5.32 Å². The predicted molar refractivity (Wildman–Crippen MR) is 46.3 cm³/mol. The Kier molecular flexibility index (Phi) is 6.07. The molecular weight excluding hydrogens is 156 g/mol. The molecule has 1 atom stereocenters. The van der Waals surface area contributed by atoms with Crippen LogP contribution in [0.5, 0.6) is 0 Å². The summed E-state index contributed by atoms with van der Waals surface area (Å²) < 4.78 is 4.50. The van der Waals surface area contributed by atoms with Crippen LogP contribution in [0.15, 0.2) is 0 Å². The molecule has 0 rings (SSSR count). The molecule has 3 N–H and O–H groups in total. The van der Waals surface area contributed by atoms with Gasteiger partial charge < -0.3 is 10.5 Å². The summed E-state index contributed by atoms with van der Waals surface area (Å²) >= 11 is 0. The summed E-state index contributed by atoms with van der Waals surface area (Å²) in [6.45, 7) is 2.41. The normalized spacial score (nSPS) is 11.2. The molecular formula is C8H14N2O2. The topological polar surface area (TPSA) is 64.3 Å². The van der Waals surface area contributed by atoms with Crippen LogP contribution in [0.1, 0.15) is 6.92 Å². The Morgan fingerprint density at radius 2 is 2.42 bits per heavy atom. The zero-order chi connectivity index (χ0) is 9.40. The molecule has 0 radical (unpaired) electrons. The molecule has 0 aliphatic rings. The maximum Gasteiger partial charge on any atom is 0.324 e. The fourth-order valence-electron chi connectivity index (χ4n) is 0.668. The molecule has 0 aromatic heterocycles. The number of methoxy groups -OCH3 is 1. The summed E-state index contributed by atoms with van der Waals surface area (Å²) in [6.07, 6.45) is 0. The summed E-state index contributed by atoms with van der Waals surface area (Å²) in [5.41, 5.74) is 5.32. The van der Waals surface area contributed by atoms with Crippen molar-refractivity contribution in [2.45, 2.75) is 13.0 Å². The third-order valence-electron chi connectivity index (χ3n) is 1.34. The van der Waals surface area contributed by atoms with E-state index in [-0.39, 0.29) is 12.5 Å². The van der Waals surface area contributed by atoms with Crippen molar-refractivity contribution in [1.29, 1.82) is 0 Å². The van der Waals surface area contributed by atoms with Gasteiger partial charge in [0.25, 0.3) is 0 Å². The van der Waals surface area contributed by atoms with Crippen molar-refractivity contribution in [3.63, 3.8) is 0 Å². The smallest absolute Gasteiger partial charge is 0.324 e. The maximum atomic E-state index is 10.9. The molecule has 0 saturated carbocycles. The standard InChI is InChI=1S/C8H14N2O2/c1-3-4-5-10-7(6-9)8(11)12-2/h7,10H,5-6,9H2,1-2H3. The van der Waals surface area contributed by atoms with E-state index in [2.05, 4.69) is 21.9 Å². The molecule has 0 fully saturated rings. The molecule has 0 bridgehead atoms. The van der Waals surface area contributed by atoms with Gasteiger partial charge in [0.05, 0.1) is 13.7 Å². The van der Waals surface area contributed by atoms with Gasteiger partial charge in [-0.1, -0.05) is 5.92 Å². The van der Waals surface area contributed by atoms with Crippen LogP contribution in [-0.2, 0) is 9.53 Å². The van der Waals surface area contributed by atoms with Crippen LogP contribution in [0.4, 0.5) is 0 Å². The van der Waals surface area contributed by atoms with Crippen molar-refractivity contribution in [3.05, 3.63) is 0 Å². The Hall–Kier alpha value is -1.05. The lowest BCUT2D eigenvalue weighted by molar-refractivity contribution is -0.142. The fraction of sp³-hybridized carbons (Fsp3) is 0.625. The van der Waals surface area contributed by atoms with Gasteiger partial charge in [0.15, 0.2) is 0 Å². The van der Waals surface area contributed by atoms with E-state index in [0.717, 1.165) is 0 Å². The highest BCUT2D eigenvalue weighted by molar-refractivity contribution is 5.75. The SMILES string of the molecule is CC#CCNC(CN)C(=O)OC. The Labute approximate surface area is 72.5 Å². The van der Waals surface area contributed by atoms with Crippen LogP contribution in [0.3, 0.4) is 0 Å². The molecule has 4 heteroatoms. The molecule has 0 spiro atoms. The van der Waals surface area contributed by atoms with Gasteiger partial charge in [-0.3, -0.25) is 10.1 Å². The molecule has 0 aliphatic heterocycles. The minimum atomic E-state index is -0.448. The molecule has 0 amide bonds. The van der Waals surface area contributed by atoms with Gasteiger partial charge in [-0.15, -0.1) is 5.92 Å². The highest BCUT2D eigenvalue weighted by atomic mass is 16.5. The number of rotatable bonds is 4. The first-order chi connectivity index (χ1) is 5.76. The van der Waals surface area contributed by atoms with Crippen LogP contribution in [0.25, 0.3) is 0 Å². The zero-order valence-corrected chi connectivity index (χ0v) is 7.39. The number of nitrogens with two attached hydrogens (primary N) is 1. The second-order valence-electron chi connectivity index (χ2n) is 2.12. The number of ether oxygens (including phenoxy) is 1. The first kappa shape index (κ1) is 11.0. The van der Waals surface area contributed by atoms with E-state index in [0.29, 0.717) is 6.54 Å². The number of hydrogen-bond donors (Lipinski definition) is 2. The summed E-state index contributed by atoms with van der Waals surface area (Å²) in [7, 11) is 1.33. The summed E-state index contributed by atoms with van der Waals surface area (Å²) in [5.74, 6) is 5.11. The van der Waals surface area contributed by atoms with Crippen LogP contribution >= 0.6 is 0 Å². The molecule has 4 nitrogen and oxygen atoms in total. The van der Waals surface area contributed by atoms with E-state index >= 15 is 0 Å². The van der Waals surface area contributed by atoms with E-state index in [1.165, 1.54) is 7.11 Å². The Morgan fingerprint density at radius 3 is 2.83 bits per heavy atom. The van der Waals surface area contributed by atoms with E-state index in [9.17, 15) is 4.79 Å². The van der Waals surface area contributed by atoms with Crippen molar-refractivity contribution < 1.29 is 9.53 Å². The average molecular weight is 170 g/mol. The third-order valence-corrected chi connectivity index (χ3v) is 1.34. The minimum Gasteiger partial charge on any atom is -0.468 e. The number of carbonyl (C=O) groups excluding carboxylic acids is 1. The van der Waals surface area contributed by atoms with Crippen LogP contribution in [0, 0.1) is 11.8 Å². The van der Waals surface area contributed by atoms with Crippen LogP contribution in [-0.4, -0.2) is 32.2 Å². The molecule has 12 heavy (non-hydrogen) atoms. The molecule has 0 heterocycles. The van der Waals surface area contributed by atoms with Gasteiger partial charge in [0.1, 0.15) is 6.04 Å². The zero-order valence-electron chi connectivity index (χ0n) is 7.39. The number of carbonyl (C=O) groups is 1. The van der Waals surface area contributed by atoms with Gasteiger partial charge in [-0.05, 0) is 6.92 Å². The van der Waals surface area contributed by atoms with Gasteiger partial charge in [-0.2, -0.15) is 0 Å². The van der Waals surface area contributed by atoms with Gasteiger partial charge in [0, 0.05) is 6.54 Å². The lowest BCUT2D eigenvalue weighted by atomic mass is 10.3. The number of hydrogen-bond acceptors (Lipinski definition) is 4. The Bertz CT molecular complexity index is 193. The lowest BCUT2D eigenvalue weighted by Crippen LogP contribution is -2.43. The van der Waals surface area contributed by atoms with Crippen LogP contribution < -0.4 is 11.1 Å². The Morgan fingerprint density at radius 1 is 1.75 bits per heavy atom. The molecule has 68 valence electrons. The summed E-state index contributed by atoms with van der Waals surface area (Å²) in [4.78, 5) is 10.9. The van der Waals surface area contributed by atoms with Gasteiger partial charge in [-0.25, -0.2) is 0 Å². The number of nitrogens with one attached hydrogen (secondary N) is 1. The molecule has 0 aliphatic carbocycles. The van der Waals surface area contributed by atoms with E-state index in [1.807, 2.05) is 0 Å². The van der Waals surface area contributed by atoms with Crippen molar-refractivity contribution in [3.8, 4) is 11.8 Å². The van der Waals surface area contributed by atoms with Crippen LogP contribution in [0.2, 0.25) is 0 Å². The number of esters is 1. The summed E-state index contributed by atoms with van der Waals surface area (Å²) in [6, 6.07) is -0.448. The second kappa shape index (κ2) is 6.65. The van der Waals surface area contributed by atoms with Crippen molar-refractivity contribution in [2.75, 3.05) is 20.2 Å². The van der Waals surface area contributed by atoms with E-state index in [4.69, 9.17) is 5.73 Å². The van der Waals surface area contributed by atoms with E-state index in [1.54, 1.807) is 6.92 Å². The first-order valence-corrected chi connectivity index (χ1v) is 3.67. The fourth-order valence-corrected chi connectivity index (χ4v) is 0.668. The predicted octanol–water partition coefficient (Wildman–Crippen LogP) is -0.900. The highest BCUT2D eigenvalue weighted by Gasteiger charge is 2.14. The second-order valence-corrected chi connectivity index (χ2v) is 2.12. The lowest BCUT2D eigenvalue weighted by Gasteiger charge is -2.11. The highest BCUT2D eigenvalue weighted by Crippen LogP contribution is 1.83. The Balaban J connectivity index is 3.80. The maximum absolute atomic E-state index is 10.9. The van der Waals surface area contributed by atoms with Gasteiger partial charge >= 0.3 is 5.97 Å². The largest absolute Gasteiger partial charge is 0.468 e. The monoisotopic (exact) mass is 170 g/mol. The van der Waals surface area contributed by atoms with Crippen molar-refractivity contribution >= 4 is 5.97 Å². The quantitative estimate of drug-likeness (QED) is 0.424. The summed E-state index contributed by atoms with van der Waals surface area (Å²) in [5, 5.41) is 2.85. The average Bonchev–Trinajstić information content (AvgIpc) is 2.11. The minimum absolute atomic E-state index is 0.220. The third kappa shape index (κ3) is 3.96. The molecule has 0 aromatic rings. The molecule has 1 unspecified atom stereocenters. The molecule has 0 aromatic carbocycles. The first-order valence-electron chi connectivity index (χ1n) is 3.67. The van der Waals surface area contributed by atoms with E-state index < -0.39 is 6.04 Å². The van der Waals surface area contributed by atoms with Gasteiger partial charge in [0.2, 0.25) is 0 Å².